The summed E-state index contributed by atoms with van der Waals surface area (Å²) in [4.78, 5) is 2.51. The van der Waals surface area contributed by atoms with Gasteiger partial charge in [-0.05, 0) is 43.0 Å². The fraction of sp³-hybridized carbons (Fsp3) is 0.538. The topological polar surface area (TPSA) is 38.5 Å². The van der Waals surface area contributed by atoms with E-state index in [0.717, 1.165) is 31.6 Å². The van der Waals surface area contributed by atoms with Crippen LogP contribution in [0.15, 0.2) is 18.2 Å². The van der Waals surface area contributed by atoms with Gasteiger partial charge in [-0.3, -0.25) is 0 Å². The zero-order valence-electron chi connectivity index (χ0n) is 9.65. The Bertz CT molecular complexity index is 405. The Morgan fingerprint density at radius 2 is 2.31 bits per heavy atom. The van der Waals surface area contributed by atoms with Crippen LogP contribution < -0.4 is 15.4 Å². The molecule has 3 rings (SSSR count). The average molecular weight is 218 g/mol. The second-order valence-corrected chi connectivity index (χ2v) is 4.83. The molecule has 1 aromatic rings. The molecule has 0 spiro atoms. The highest BCUT2D eigenvalue weighted by molar-refractivity contribution is 5.62. The fourth-order valence-electron chi connectivity index (χ4n) is 2.98. The van der Waals surface area contributed by atoms with Gasteiger partial charge in [-0.1, -0.05) is 0 Å². The molecule has 2 N–H and O–H groups in total. The fourth-order valence-corrected chi connectivity index (χ4v) is 2.98. The van der Waals surface area contributed by atoms with E-state index in [-0.39, 0.29) is 0 Å². The maximum atomic E-state index is 6.03. The van der Waals surface area contributed by atoms with Crippen LogP contribution in [0.1, 0.15) is 18.4 Å². The Morgan fingerprint density at radius 3 is 3.12 bits per heavy atom. The highest BCUT2D eigenvalue weighted by Gasteiger charge is 2.33. The number of anilines is 1. The minimum absolute atomic E-state index is 0.387. The van der Waals surface area contributed by atoms with E-state index in [1.807, 2.05) is 0 Å². The second-order valence-electron chi connectivity index (χ2n) is 4.83. The van der Waals surface area contributed by atoms with Crippen molar-refractivity contribution >= 4 is 5.69 Å². The predicted molar refractivity (Wildman–Crippen MR) is 65.0 cm³/mol. The van der Waals surface area contributed by atoms with Gasteiger partial charge in [0.05, 0.1) is 7.11 Å². The van der Waals surface area contributed by atoms with Crippen LogP contribution in [0.4, 0.5) is 5.69 Å². The number of benzene rings is 1. The first-order valence-electron chi connectivity index (χ1n) is 5.97. The molecule has 1 saturated heterocycles. The minimum atomic E-state index is 0.387. The third-order valence-corrected chi connectivity index (χ3v) is 3.81. The summed E-state index contributed by atoms with van der Waals surface area (Å²) in [6.45, 7) is 1.10. The van der Waals surface area contributed by atoms with E-state index < -0.39 is 0 Å². The number of piperidine rings is 1. The summed E-state index contributed by atoms with van der Waals surface area (Å²) in [5, 5.41) is 0. The third-order valence-electron chi connectivity index (χ3n) is 3.81. The molecule has 2 aliphatic rings. The molecule has 16 heavy (non-hydrogen) atoms. The lowest BCUT2D eigenvalue weighted by atomic mass is 9.97. The molecule has 0 aliphatic carbocycles. The van der Waals surface area contributed by atoms with E-state index in [9.17, 15) is 0 Å². The van der Waals surface area contributed by atoms with Gasteiger partial charge in [0.25, 0.3) is 0 Å². The number of ether oxygens (including phenoxy) is 1. The Balaban J connectivity index is 1.92. The van der Waals surface area contributed by atoms with Crippen LogP contribution in [0.3, 0.4) is 0 Å². The van der Waals surface area contributed by atoms with Gasteiger partial charge in [0.1, 0.15) is 5.75 Å². The highest BCUT2D eigenvalue weighted by atomic mass is 16.5. The monoisotopic (exact) mass is 218 g/mol. The van der Waals surface area contributed by atoms with Crippen molar-refractivity contribution in [2.75, 3.05) is 18.6 Å². The summed E-state index contributed by atoms with van der Waals surface area (Å²) >= 11 is 0. The maximum Gasteiger partial charge on any atom is 0.119 e. The molecule has 3 heteroatoms. The standard InChI is InChI=1S/C13H18N2O/c1-16-12-2-3-13-9(7-12)6-11-8-10(14)4-5-15(11)13/h2-3,7,10-11H,4-6,8,14H2,1H3. The Kier molecular flexibility index (Phi) is 2.28. The van der Waals surface area contributed by atoms with Crippen LogP contribution >= 0.6 is 0 Å². The molecule has 86 valence electrons. The van der Waals surface area contributed by atoms with Gasteiger partial charge in [-0.15, -0.1) is 0 Å². The van der Waals surface area contributed by atoms with Gasteiger partial charge in [0.2, 0.25) is 0 Å². The molecule has 0 bridgehead atoms. The zero-order valence-corrected chi connectivity index (χ0v) is 9.65. The summed E-state index contributed by atoms with van der Waals surface area (Å²) < 4.78 is 5.27. The van der Waals surface area contributed by atoms with Crippen molar-refractivity contribution in [3.63, 3.8) is 0 Å². The van der Waals surface area contributed by atoms with E-state index in [0.29, 0.717) is 12.1 Å². The number of methoxy groups -OCH3 is 1. The van der Waals surface area contributed by atoms with E-state index in [4.69, 9.17) is 10.5 Å². The lowest BCUT2D eigenvalue weighted by Crippen LogP contribution is -2.45. The highest BCUT2D eigenvalue weighted by Crippen LogP contribution is 2.38. The minimum Gasteiger partial charge on any atom is -0.497 e. The molecule has 0 aromatic heterocycles. The normalized spacial score (nSPS) is 27.5. The van der Waals surface area contributed by atoms with Crippen molar-refractivity contribution in [3.8, 4) is 5.75 Å². The number of rotatable bonds is 1. The Labute approximate surface area is 96.2 Å². The van der Waals surface area contributed by atoms with Crippen molar-refractivity contribution in [1.82, 2.24) is 0 Å². The largest absolute Gasteiger partial charge is 0.497 e. The van der Waals surface area contributed by atoms with Crippen molar-refractivity contribution in [2.45, 2.75) is 31.3 Å². The van der Waals surface area contributed by atoms with Crippen molar-refractivity contribution < 1.29 is 4.74 Å². The lowest BCUT2D eigenvalue weighted by molar-refractivity contribution is 0.414. The SMILES string of the molecule is COc1ccc2c(c1)CC1CC(N)CCN21. The molecule has 0 amide bonds. The molecular formula is C13H18N2O. The van der Waals surface area contributed by atoms with Crippen LogP contribution in [-0.2, 0) is 6.42 Å². The molecule has 0 radical (unpaired) electrons. The van der Waals surface area contributed by atoms with Gasteiger partial charge in [-0.2, -0.15) is 0 Å². The summed E-state index contributed by atoms with van der Waals surface area (Å²) in [7, 11) is 1.72. The van der Waals surface area contributed by atoms with Crippen molar-refractivity contribution in [2.24, 2.45) is 5.73 Å². The second kappa shape index (κ2) is 3.67. The van der Waals surface area contributed by atoms with Crippen LogP contribution in [0, 0.1) is 0 Å². The molecule has 2 aliphatic heterocycles. The molecular weight excluding hydrogens is 200 g/mol. The van der Waals surface area contributed by atoms with E-state index in [1.165, 1.54) is 11.3 Å². The smallest absolute Gasteiger partial charge is 0.119 e. The third kappa shape index (κ3) is 1.47. The summed E-state index contributed by atoms with van der Waals surface area (Å²) in [5.74, 6) is 0.961. The summed E-state index contributed by atoms with van der Waals surface area (Å²) in [6.07, 6.45) is 3.36. The van der Waals surface area contributed by atoms with Gasteiger partial charge >= 0.3 is 0 Å². The van der Waals surface area contributed by atoms with Gasteiger partial charge in [0, 0.05) is 24.3 Å². The van der Waals surface area contributed by atoms with Crippen LogP contribution in [0.2, 0.25) is 0 Å². The molecule has 2 unspecified atom stereocenters. The zero-order chi connectivity index (χ0) is 11.1. The van der Waals surface area contributed by atoms with E-state index in [1.54, 1.807) is 7.11 Å². The number of fused-ring (bicyclic) bond motifs is 3. The van der Waals surface area contributed by atoms with Gasteiger partial charge < -0.3 is 15.4 Å². The maximum absolute atomic E-state index is 6.03. The van der Waals surface area contributed by atoms with E-state index in [2.05, 4.69) is 23.1 Å². The first-order chi connectivity index (χ1) is 7.78. The molecule has 0 saturated carbocycles. The number of nitrogens with two attached hydrogens (primary N) is 1. The van der Waals surface area contributed by atoms with E-state index >= 15 is 0 Å². The molecule has 1 aromatic carbocycles. The average Bonchev–Trinajstić information content (AvgIpc) is 2.64. The Hall–Kier alpha value is -1.22. The molecule has 3 nitrogen and oxygen atoms in total. The lowest BCUT2D eigenvalue weighted by Gasteiger charge is -2.35. The molecule has 2 heterocycles. The van der Waals surface area contributed by atoms with Crippen LogP contribution in [0.25, 0.3) is 0 Å². The van der Waals surface area contributed by atoms with Gasteiger partial charge in [-0.25, -0.2) is 0 Å². The Morgan fingerprint density at radius 1 is 1.44 bits per heavy atom. The van der Waals surface area contributed by atoms with Crippen LogP contribution in [0.5, 0.6) is 5.75 Å². The van der Waals surface area contributed by atoms with Crippen LogP contribution in [-0.4, -0.2) is 25.7 Å². The number of nitrogens with zero attached hydrogens (tertiary/aromatic N) is 1. The summed E-state index contributed by atoms with van der Waals surface area (Å²) in [6, 6.07) is 7.41. The summed E-state index contributed by atoms with van der Waals surface area (Å²) in [5.41, 5.74) is 8.83. The molecule has 1 fully saturated rings. The number of hydrogen-bond acceptors (Lipinski definition) is 3. The van der Waals surface area contributed by atoms with Gasteiger partial charge in [0.15, 0.2) is 0 Å². The predicted octanol–water partition coefficient (Wildman–Crippen LogP) is 1.55. The first kappa shape index (κ1) is 9.97. The van der Waals surface area contributed by atoms with Crippen molar-refractivity contribution in [1.29, 1.82) is 0 Å². The quantitative estimate of drug-likeness (QED) is 0.777. The molecule has 2 atom stereocenters. The first-order valence-corrected chi connectivity index (χ1v) is 5.97. The van der Waals surface area contributed by atoms with Crippen molar-refractivity contribution in [3.05, 3.63) is 23.8 Å². The number of hydrogen-bond donors (Lipinski definition) is 1.